The first-order valence-electron chi connectivity index (χ1n) is 7.43. The quantitative estimate of drug-likeness (QED) is 0.916. The largest absolute Gasteiger partial charge is 0.393 e. The monoisotopic (exact) mass is 279 g/mol. The lowest BCUT2D eigenvalue weighted by atomic mass is 10.1. The molecule has 1 aromatic rings. The Morgan fingerprint density at radius 1 is 1.50 bits per heavy atom. The Morgan fingerprint density at radius 2 is 2.20 bits per heavy atom. The first-order chi connectivity index (χ1) is 9.40. The van der Waals surface area contributed by atoms with E-state index in [4.69, 9.17) is 0 Å². The molecule has 1 N–H and O–H groups in total. The summed E-state index contributed by atoms with van der Waals surface area (Å²) >= 11 is 0. The van der Waals surface area contributed by atoms with Gasteiger partial charge in [0, 0.05) is 25.3 Å². The molecule has 1 aliphatic heterocycles. The number of likely N-dealkylation sites (tertiary alicyclic amines) is 1. The van der Waals surface area contributed by atoms with E-state index < -0.39 is 0 Å². The van der Waals surface area contributed by atoms with E-state index in [0.717, 1.165) is 25.1 Å². The lowest BCUT2D eigenvalue weighted by molar-refractivity contribution is 0.0675. The van der Waals surface area contributed by atoms with E-state index in [-0.39, 0.29) is 18.1 Å². The minimum Gasteiger partial charge on any atom is -0.393 e. The van der Waals surface area contributed by atoms with Crippen molar-refractivity contribution in [2.24, 2.45) is 7.05 Å². The van der Waals surface area contributed by atoms with E-state index in [1.807, 2.05) is 18.0 Å². The third-order valence-electron chi connectivity index (χ3n) is 3.98. The molecular formula is C15H25N3O2. The van der Waals surface area contributed by atoms with Crippen molar-refractivity contribution < 1.29 is 9.90 Å². The van der Waals surface area contributed by atoms with Gasteiger partial charge in [-0.15, -0.1) is 0 Å². The highest BCUT2D eigenvalue weighted by Gasteiger charge is 2.31. The molecule has 20 heavy (non-hydrogen) atoms. The van der Waals surface area contributed by atoms with Crippen molar-refractivity contribution in [3.05, 3.63) is 17.5 Å². The molecule has 0 saturated carbocycles. The average molecular weight is 279 g/mol. The van der Waals surface area contributed by atoms with Crippen molar-refractivity contribution in [3.63, 3.8) is 0 Å². The van der Waals surface area contributed by atoms with Crippen LogP contribution >= 0.6 is 0 Å². The zero-order chi connectivity index (χ0) is 14.9. The molecule has 2 unspecified atom stereocenters. The van der Waals surface area contributed by atoms with Gasteiger partial charge in [-0.05, 0) is 38.2 Å². The van der Waals surface area contributed by atoms with Gasteiger partial charge in [0.25, 0.3) is 5.91 Å². The summed E-state index contributed by atoms with van der Waals surface area (Å²) in [6.45, 7) is 6.73. The Labute approximate surface area is 120 Å². The van der Waals surface area contributed by atoms with Crippen LogP contribution in [0, 0.1) is 0 Å². The normalized spacial score (nSPS) is 20.7. The van der Waals surface area contributed by atoms with Gasteiger partial charge in [-0.1, -0.05) is 13.8 Å². The number of carbonyl (C=O) groups excluding carboxylic acids is 1. The highest BCUT2D eigenvalue weighted by molar-refractivity contribution is 5.92. The number of carbonyl (C=O) groups is 1. The molecule has 1 aromatic heterocycles. The molecule has 112 valence electrons. The minimum atomic E-state index is -0.372. The summed E-state index contributed by atoms with van der Waals surface area (Å²) in [7, 11) is 1.88. The molecule has 1 fully saturated rings. The van der Waals surface area contributed by atoms with Crippen LogP contribution in [0.4, 0.5) is 0 Å². The van der Waals surface area contributed by atoms with Crippen LogP contribution in [0.1, 0.15) is 62.1 Å². The first-order valence-corrected chi connectivity index (χ1v) is 7.43. The van der Waals surface area contributed by atoms with Crippen LogP contribution in [-0.2, 0) is 7.05 Å². The summed E-state index contributed by atoms with van der Waals surface area (Å²) in [5.41, 5.74) is 1.59. The van der Waals surface area contributed by atoms with Crippen LogP contribution in [0.5, 0.6) is 0 Å². The maximum Gasteiger partial charge on any atom is 0.274 e. The van der Waals surface area contributed by atoms with Crippen LogP contribution in [0.2, 0.25) is 0 Å². The van der Waals surface area contributed by atoms with Crippen molar-refractivity contribution in [1.82, 2.24) is 14.7 Å². The van der Waals surface area contributed by atoms with Gasteiger partial charge >= 0.3 is 0 Å². The van der Waals surface area contributed by atoms with E-state index in [2.05, 4.69) is 18.9 Å². The highest BCUT2D eigenvalue weighted by Crippen LogP contribution is 2.24. The maximum absolute atomic E-state index is 12.6. The summed E-state index contributed by atoms with van der Waals surface area (Å²) in [6.07, 6.45) is 2.26. The topological polar surface area (TPSA) is 58.4 Å². The number of hydrogen-bond acceptors (Lipinski definition) is 3. The molecule has 0 bridgehead atoms. The van der Waals surface area contributed by atoms with Crippen LogP contribution in [-0.4, -0.2) is 44.4 Å². The Balaban J connectivity index is 2.16. The van der Waals surface area contributed by atoms with E-state index in [9.17, 15) is 9.90 Å². The van der Waals surface area contributed by atoms with Crippen molar-refractivity contribution in [1.29, 1.82) is 0 Å². The second-order valence-electron chi connectivity index (χ2n) is 6.11. The van der Waals surface area contributed by atoms with E-state index in [1.54, 1.807) is 11.6 Å². The van der Waals surface area contributed by atoms with Gasteiger partial charge in [0.05, 0.1) is 6.10 Å². The van der Waals surface area contributed by atoms with Gasteiger partial charge in [-0.3, -0.25) is 9.48 Å². The second kappa shape index (κ2) is 5.95. The summed E-state index contributed by atoms with van der Waals surface area (Å²) in [5.74, 6) is 0.344. The summed E-state index contributed by atoms with van der Waals surface area (Å²) in [6, 6.07) is 2.04. The van der Waals surface area contributed by atoms with Crippen LogP contribution in [0.3, 0.4) is 0 Å². The number of aliphatic hydroxyl groups is 1. The molecule has 1 aliphatic rings. The number of aryl methyl sites for hydroxylation is 1. The van der Waals surface area contributed by atoms with Gasteiger partial charge in [0.15, 0.2) is 5.69 Å². The molecule has 5 heteroatoms. The van der Waals surface area contributed by atoms with Crippen LogP contribution < -0.4 is 0 Å². The number of aliphatic hydroxyl groups excluding tert-OH is 1. The van der Waals surface area contributed by atoms with Crippen LogP contribution in [0.25, 0.3) is 0 Å². The van der Waals surface area contributed by atoms with Gasteiger partial charge in [0.2, 0.25) is 0 Å². The molecule has 0 aromatic carbocycles. The Kier molecular flexibility index (Phi) is 4.48. The molecule has 1 amide bonds. The van der Waals surface area contributed by atoms with Gasteiger partial charge in [0.1, 0.15) is 0 Å². The molecule has 2 rings (SSSR count). The maximum atomic E-state index is 12.6. The van der Waals surface area contributed by atoms with Crippen molar-refractivity contribution in [2.75, 3.05) is 6.54 Å². The Bertz CT molecular complexity index is 479. The fourth-order valence-electron chi connectivity index (χ4n) is 3.02. The predicted octanol–water partition coefficient (Wildman–Crippen LogP) is 1.92. The van der Waals surface area contributed by atoms with E-state index in [1.165, 1.54) is 0 Å². The number of amides is 1. The standard InChI is InChI=1S/C15H25N3O2/c1-10(2)14-9-13(16-17(14)4)15(20)18-7-5-6-12(18)8-11(3)19/h9-12,19H,5-8H2,1-4H3. The first kappa shape index (κ1) is 15.0. The Morgan fingerprint density at radius 3 is 2.75 bits per heavy atom. The molecule has 2 heterocycles. The second-order valence-corrected chi connectivity index (χ2v) is 6.11. The van der Waals surface area contributed by atoms with Crippen LogP contribution in [0.15, 0.2) is 6.07 Å². The van der Waals surface area contributed by atoms with Crippen molar-refractivity contribution in [3.8, 4) is 0 Å². The predicted molar refractivity (Wildman–Crippen MR) is 77.7 cm³/mol. The third-order valence-corrected chi connectivity index (χ3v) is 3.98. The summed E-state index contributed by atoms with van der Waals surface area (Å²) in [4.78, 5) is 14.5. The fraction of sp³-hybridized carbons (Fsp3) is 0.733. The molecule has 5 nitrogen and oxygen atoms in total. The van der Waals surface area contributed by atoms with E-state index >= 15 is 0 Å². The zero-order valence-electron chi connectivity index (χ0n) is 12.8. The van der Waals surface area contributed by atoms with Gasteiger partial charge in [-0.2, -0.15) is 5.10 Å². The molecule has 0 radical (unpaired) electrons. The highest BCUT2D eigenvalue weighted by atomic mass is 16.3. The summed E-state index contributed by atoms with van der Waals surface area (Å²) in [5, 5.41) is 13.9. The fourth-order valence-corrected chi connectivity index (χ4v) is 3.02. The molecule has 1 saturated heterocycles. The molecule has 0 aliphatic carbocycles. The third kappa shape index (κ3) is 3.03. The lowest BCUT2D eigenvalue weighted by Crippen LogP contribution is -2.37. The molecule has 0 spiro atoms. The molecular weight excluding hydrogens is 254 g/mol. The van der Waals surface area contributed by atoms with Gasteiger partial charge in [-0.25, -0.2) is 0 Å². The Hall–Kier alpha value is -1.36. The lowest BCUT2D eigenvalue weighted by Gasteiger charge is -2.24. The number of nitrogens with zero attached hydrogens (tertiary/aromatic N) is 3. The van der Waals surface area contributed by atoms with Crippen molar-refractivity contribution >= 4 is 5.91 Å². The molecule has 2 atom stereocenters. The number of aromatic nitrogens is 2. The average Bonchev–Trinajstić information content (AvgIpc) is 2.94. The zero-order valence-corrected chi connectivity index (χ0v) is 12.8. The van der Waals surface area contributed by atoms with Crippen molar-refractivity contribution in [2.45, 2.75) is 58.1 Å². The number of rotatable bonds is 4. The smallest absolute Gasteiger partial charge is 0.274 e. The van der Waals surface area contributed by atoms with Gasteiger partial charge < -0.3 is 10.0 Å². The van der Waals surface area contributed by atoms with E-state index in [0.29, 0.717) is 18.0 Å². The SMILES string of the molecule is CC(O)CC1CCCN1C(=O)c1cc(C(C)C)n(C)n1. The summed E-state index contributed by atoms with van der Waals surface area (Å²) < 4.78 is 1.79. The minimum absolute atomic E-state index is 0.00403. The number of hydrogen-bond donors (Lipinski definition) is 1.